The van der Waals surface area contributed by atoms with Crippen LogP contribution in [0, 0.1) is 20.2 Å². The van der Waals surface area contributed by atoms with Gasteiger partial charge in [0.1, 0.15) is 19.3 Å². The van der Waals surface area contributed by atoms with Gasteiger partial charge in [-0.2, -0.15) is 12.6 Å². The number of carbonyl (C=O) groups excluding carboxylic acids is 4. The number of amides is 3. The summed E-state index contributed by atoms with van der Waals surface area (Å²) in [5, 5.41) is 24.2. The number of nitrogens with zero attached hydrogens (tertiary/aromatic N) is 5. The number of hydrogen-bond acceptors (Lipinski definition) is 12. The number of likely N-dealkylation sites (tertiary alicyclic amines) is 2. The number of hydrogen-bond donors (Lipinski definition) is 4. The van der Waals surface area contributed by atoms with Gasteiger partial charge in [0.15, 0.2) is 12.0 Å². The lowest BCUT2D eigenvalue weighted by Gasteiger charge is -2.27. The fourth-order valence-electron chi connectivity index (χ4n) is 5.27. The van der Waals surface area contributed by atoms with Crippen molar-refractivity contribution in [1.29, 1.82) is 0 Å². The van der Waals surface area contributed by atoms with E-state index in [1.165, 1.54) is 58.3 Å². The highest BCUT2D eigenvalue weighted by molar-refractivity contribution is 7.81. The molecular formula is C29H34N8O10S. The van der Waals surface area contributed by atoms with Crippen LogP contribution in [-0.2, 0) is 37.1 Å². The van der Waals surface area contributed by atoms with E-state index in [2.05, 4.69) is 22.9 Å². The summed E-state index contributed by atoms with van der Waals surface area (Å²) in [6.45, 7) is 0.262. The minimum Gasteiger partial charge on any atom is -0.459 e. The summed E-state index contributed by atoms with van der Waals surface area (Å²) in [4.78, 5) is 79.2. The first kappa shape index (κ1) is 35.4. The number of nitro benzene ring substituents is 2. The van der Waals surface area contributed by atoms with E-state index in [9.17, 15) is 39.4 Å². The maximum Gasteiger partial charge on any atom is 0.410 e. The van der Waals surface area contributed by atoms with Crippen LogP contribution in [0.3, 0.4) is 0 Å². The lowest BCUT2D eigenvalue weighted by molar-refractivity contribution is -0.385. The molecule has 18 nitrogen and oxygen atoms in total. The zero-order valence-electron chi connectivity index (χ0n) is 25.5. The third-order valence-electron chi connectivity index (χ3n) is 7.66. The standard InChI is InChI=1S/C29H34N8O10S/c30-28(31)33-23(27(40)46-15-17-1-5-20(6-2-17)36(42)43)12-25(38)32-19-9-10-34(13-19)26(39)24-11-22(48)14-35(24)29(41)47-16-18-3-7-21(8-4-18)37(44)45/h1-8,19,22-24,48H,9-16H2,(H,32,38)(H4,30,31,33)/t19-,22-,23?,24-/m0/s1. The maximum atomic E-state index is 13.5. The minimum absolute atomic E-state index is 0.0961. The monoisotopic (exact) mass is 686 g/mol. The molecule has 4 rings (SSSR count). The molecule has 0 saturated carbocycles. The van der Waals surface area contributed by atoms with Crippen LogP contribution < -0.4 is 16.8 Å². The Hall–Kier alpha value is -5.46. The summed E-state index contributed by atoms with van der Waals surface area (Å²) in [6.07, 6.45) is -0.459. The van der Waals surface area contributed by atoms with Crippen molar-refractivity contribution in [2.24, 2.45) is 16.5 Å². The molecule has 2 aliphatic rings. The fourth-order valence-corrected chi connectivity index (χ4v) is 5.64. The minimum atomic E-state index is -1.36. The number of guanidine groups is 1. The zero-order chi connectivity index (χ0) is 35.0. The first-order chi connectivity index (χ1) is 22.8. The highest BCUT2D eigenvalue weighted by Gasteiger charge is 2.42. The number of nitrogens with two attached hydrogens (primary N) is 2. The van der Waals surface area contributed by atoms with Crippen molar-refractivity contribution in [1.82, 2.24) is 15.1 Å². The number of aliphatic imine (C=N–C) groups is 1. The van der Waals surface area contributed by atoms with Gasteiger partial charge in [0.25, 0.3) is 11.4 Å². The van der Waals surface area contributed by atoms with E-state index >= 15 is 0 Å². The summed E-state index contributed by atoms with van der Waals surface area (Å²) in [7, 11) is 0. The molecule has 0 aromatic heterocycles. The number of rotatable bonds is 12. The Morgan fingerprint density at radius 3 is 2.04 bits per heavy atom. The largest absolute Gasteiger partial charge is 0.459 e. The zero-order valence-corrected chi connectivity index (χ0v) is 26.4. The second-order valence-electron chi connectivity index (χ2n) is 11.2. The van der Waals surface area contributed by atoms with Crippen LogP contribution in [-0.4, -0.2) is 92.5 Å². The second kappa shape index (κ2) is 15.9. The second-order valence-corrected chi connectivity index (χ2v) is 11.9. The number of carbonyl (C=O) groups is 4. The quantitative estimate of drug-likeness (QED) is 0.0609. The van der Waals surface area contributed by atoms with Crippen LogP contribution in [0.4, 0.5) is 16.2 Å². The highest BCUT2D eigenvalue weighted by atomic mass is 32.1. The highest BCUT2D eigenvalue weighted by Crippen LogP contribution is 2.26. The van der Waals surface area contributed by atoms with Crippen LogP contribution in [0.25, 0.3) is 0 Å². The molecule has 19 heteroatoms. The van der Waals surface area contributed by atoms with Gasteiger partial charge in [-0.1, -0.05) is 0 Å². The molecule has 0 radical (unpaired) electrons. The maximum absolute atomic E-state index is 13.5. The number of benzene rings is 2. The predicted molar refractivity (Wildman–Crippen MR) is 171 cm³/mol. The van der Waals surface area contributed by atoms with Gasteiger partial charge in [-0.3, -0.25) is 34.7 Å². The van der Waals surface area contributed by atoms with Crippen LogP contribution in [0.5, 0.6) is 0 Å². The van der Waals surface area contributed by atoms with Crippen molar-refractivity contribution >= 4 is 53.8 Å². The van der Waals surface area contributed by atoms with Gasteiger partial charge in [-0.25, -0.2) is 14.6 Å². The van der Waals surface area contributed by atoms with Crippen LogP contribution in [0.2, 0.25) is 0 Å². The van der Waals surface area contributed by atoms with Gasteiger partial charge < -0.3 is 31.2 Å². The Labute approximate surface area is 279 Å². The molecule has 0 aliphatic carbocycles. The Morgan fingerprint density at radius 1 is 0.938 bits per heavy atom. The van der Waals surface area contributed by atoms with E-state index in [0.29, 0.717) is 30.5 Å². The summed E-state index contributed by atoms with van der Waals surface area (Å²) in [5.41, 5.74) is 11.7. The van der Waals surface area contributed by atoms with Crippen LogP contribution >= 0.6 is 12.6 Å². The van der Waals surface area contributed by atoms with E-state index in [0.717, 1.165) is 0 Å². The summed E-state index contributed by atoms with van der Waals surface area (Å²) in [5.74, 6) is -2.22. The summed E-state index contributed by atoms with van der Waals surface area (Å²) >= 11 is 4.46. The lowest BCUT2D eigenvalue weighted by atomic mass is 10.1. The van der Waals surface area contributed by atoms with Crippen molar-refractivity contribution in [3.05, 3.63) is 79.9 Å². The van der Waals surface area contributed by atoms with Crippen molar-refractivity contribution in [2.75, 3.05) is 19.6 Å². The molecule has 5 N–H and O–H groups in total. The number of nitrogens with one attached hydrogen (secondary N) is 1. The Bertz CT molecular complexity index is 1570. The lowest BCUT2D eigenvalue weighted by Crippen LogP contribution is -2.48. The Morgan fingerprint density at radius 2 is 1.50 bits per heavy atom. The van der Waals surface area contributed by atoms with Crippen molar-refractivity contribution < 1.29 is 38.5 Å². The summed E-state index contributed by atoms with van der Waals surface area (Å²) in [6, 6.07) is 8.28. The molecule has 3 amide bonds. The third-order valence-corrected chi connectivity index (χ3v) is 8.03. The molecule has 48 heavy (non-hydrogen) atoms. The SMILES string of the molecule is NC(N)=NC(CC(=O)N[C@H]1CCN(C(=O)[C@@H]2C[C@H](S)CN2C(=O)OCc2ccc([N+](=O)[O-])cc2)C1)C(=O)OCc1ccc([N+](=O)[O-])cc1. The van der Waals surface area contributed by atoms with Gasteiger partial charge >= 0.3 is 12.1 Å². The molecule has 256 valence electrons. The number of ether oxygens (including phenoxy) is 2. The molecule has 0 spiro atoms. The summed E-state index contributed by atoms with van der Waals surface area (Å²) < 4.78 is 10.6. The normalized spacial score (nSPS) is 19.2. The Balaban J connectivity index is 1.28. The third kappa shape index (κ3) is 9.53. The first-order valence-corrected chi connectivity index (χ1v) is 15.2. The Kier molecular flexibility index (Phi) is 11.7. The molecule has 1 unspecified atom stereocenters. The van der Waals surface area contributed by atoms with Gasteiger partial charge in [-0.15, -0.1) is 0 Å². The van der Waals surface area contributed by atoms with Gasteiger partial charge in [0.2, 0.25) is 11.8 Å². The smallest absolute Gasteiger partial charge is 0.410 e. The van der Waals surface area contributed by atoms with Crippen molar-refractivity contribution in [3.63, 3.8) is 0 Å². The molecular weight excluding hydrogens is 652 g/mol. The van der Waals surface area contributed by atoms with Gasteiger partial charge in [-0.05, 0) is 48.2 Å². The molecule has 4 atom stereocenters. The van der Waals surface area contributed by atoms with Crippen molar-refractivity contribution in [2.45, 2.75) is 55.9 Å². The van der Waals surface area contributed by atoms with E-state index in [4.69, 9.17) is 20.9 Å². The average molecular weight is 687 g/mol. The number of nitro groups is 2. The van der Waals surface area contributed by atoms with Crippen LogP contribution in [0.1, 0.15) is 30.4 Å². The average Bonchev–Trinajstić information content (AvgIpc) is 3.68. The van der Waals surface area contributed by atoms with E-state index in [1.54, 1.807) is 0 Å². The molecule has 2 aromatic carbocycles. The van der Waals surface area contributed by atoms with E-state index < -0.39 is 58.3 Å². The van der Waals surface area contributed by atoms with E-state index in [-0.39, 0.29) is 48.8 Å². The number of esters is 1. The van der Waals surface area contributed by atoms with Crippen molar-refractivity contribution in [3.8, 4) is 0 Å². The molecule has 0 bridgehead atoms. The van der Waals surface area contributed by atoms with Crippen LogP contribution in [0.15, 0.2) is 53.5 Å². The topological polar surface area (TPSA) is 256 Å². The number of thiol groups is 1. The van der Waals surface area contributed by atoms with Gasteiger partial charge in [0, 0.05) is 55.2 Å². The van der Waals surface area contributed by atoms with Gasteiger partial charge in [0.05, 0.1) is 16.3 Å². The molecule has 2 heterocycles. The number of non-ortho nitro benzene ring substituents is 2. The fraction of sp³-hybridized carbons (Fsp3) is 0.414. The first-order valence-electron chi connectivity index (χ1n) is 14.7. The molecule has 2 aromatic rings. The molecule has 2 fully saturated rings. The molecule has 2 saturated heterocycles. The van der Waals surface area contributed by atoms with E-state index in [1.807, 2.05) is 0 Å². The predicted octanol–water partition coefficient (Wildman–Crippen LogP) is 1.00. The molecule has 2 aliphatic heterocycles.